The maximum absolute atomic E-state index is 12.9. The Kier molecular flexibility index (Phi) is 5.95. The Bertz CT molecular complexity index is 1670. The van der Waals surface area contributed by atoms with E-state index in [1.54, 1.807) is 19.3 Å². The molecule has 0 aliphatic heterocycles. The quantitative estimate of drug-likeness (QED) is 0.292. The molecule has 0 radical (unpaired) electrons. The molecule has 0 unspecified atom stereocenters. The number of imidazole rings is 1. The number of carbonyl (C=O) groups is 2. The highest BCUT2D eigenvalue weighted by atomic mass is 16.1. The lowest BCUT2D eigenvalue weighted by molar-refractivity contribution is -0.117. The van der Waals surface area contributed by atoms with Gasteiger partial charge in [-0.1, -0.05) is 30.2 Å². The number of aryl methyl sites for hydroxylation is 1. The molecule has 8 heteroatoms. The number of fused-ring (bicyclic) bond motifs is 3. The molecule has 196 valence electrons. The number of nitrogens with one attached hydrogen (secondary N) is 1. The lowest BCUT2D eigenvalue weighted by Crippen LogP contribution is -2.44. The summed E-state index contributed by atoms with van der Waals surface area (Å²) in [5.41, 5.74) is 10.8. The van der Waals surface area contributed by atoms with Crippen molar-refractivity contribution in [3.8, 4) is 23.1 Å². The Morgan fingerprint density at radius 1 is 1.08 bits per heavy atom. The fourth-order valence-corrected chi connectivity index (χ4v) is 6.48. The SMILES string of the molecule is CC#CC(=O)NC12CCC(c3nc(-c4ccc(C(=O)Cc5cc(C)ccn5)cc4)c4c(N)nccn34)(CC1)C2. The number of nitrogens with two attached hydrogens (primary N) is 1. The Hall–Kier alpha value is -4.51. The molecule has 2 bridgehead atoms. The van der Waals surface area contributed by atoms with Crippen molar-refractivity contribution in [3.63, 3.8) is 0 Å². The predicted octanol–water partition coefficient (Wildman–Crippen LogP) is 4.20. The molecule has 2 aliphatic carbocycles. The first kappa shape index (κ1) is 24.8. The Balaban J connectivity index is 1.33. The lowest BCUT2D eigenvalue weighted by atomic mass is 9.83. The monoisotopic (exact) mass is 518 g/mol. The van der Waals surface area contributed by atoms with E-state index in [1.807, 2.05) is 49.5 Å². The normalized spacial score (nSPS) is 21.5. The minimum Gasteiger partial charge on any atom is -0.382 e. The van der Waals surface area contributed by atoms with Crippen molar-refractivity contribution in [2.75, 3.05) is 5.73 Å². The fourth-order valence-electron chi connectivity index (χ4n) is 6.48. The molecule has 4 aromatic rings. The molecule has 0 atom stereocenters. The highest BCUT2D eigenvalue weighted by molar-refractivity contribution is 5.98. The van der Waals surface area contributed by atoms with Crippen LogP contribution >= 0.6 is 0 Å². The molecule has 6 rings (SSSR count). The summed E-state index contributed by atoms with van der Waals surface area (Å²) in [5.74, 6) is 6.46. The molecular weight excluding hydrogens is 488 g/mol. The number of nitrogen functional groups attached to an aromatic ring is 1. The van der Waals surface area contributed by atoms with Gasteiger partial charge in [0.15, 0.2) is 5.78 Å². The van der Waals surface area contributed by atoms with Gasteiger partial charge >= 0.3 is 0 Å². The molecule has 1 amide bonds. The van der Waals surface area contributed by atoms with Crippen molar-refractivity contribution in [1.82, 2.24) is 24.7 Å². The van der Waals surface area contributed by atoms with Crippen LogP contribution in [0.1, 0.15) is 66.5 Å². The third-order valence-electron chi connectivity index (χ3n) is 8.31. The van der Waals surface area contributed by atoms with Crippen LogP contribution in [0.3, 0.4) is 0 Å². The van der Waals surface area contributed by atoms with Crippen molar-refractivity contribution in [2.45, 2.75) is 63.3 Å². The first-order valence-corrected chi connectivity index (χ1v) is 13.2. The van der Waals surface area contributed by atoms with Gasteiger partial charge in [-0.15, -0.1) is 0 Å². The molecule has 2 fully saturated rings. The molecule has 3 heterocycles. The van der Waals surface area contributed by atoms with Gasteiger partial charge in [-0.3, -0.25) is 19.0 Å². The zero-order valence-electron chi connectivity index (χ0n) is 22.1. The molecule has 1 aromatic carbocycles. The van der Waals surface area contributed by atoms with E-state index in [2.05, 4.69) is 31.5 Å². The van der Waals surface area contributed by atoms with E-state index < -0.39 is 0 Å². The van der Waals surface area contributed by atoms with E-state index in [1.165, 1.54) is 0 Å². The van der Waals surface area contributed by atoms with E-state index >= 15 is 0 Å². The van der Waals surface area contributed by atoms with Gasteiger partial charge in [0.1, 0.15) is 22.9 Å². The number of benzene rings is 1. The van der Waals surface area contributed by atoms with Crippen LogP contribution in [0.5, 0.6) is 0 Å². The highest BCUT2D eigenvalue weighted by Gasteiger charge is 2.57. The summed E-state index contributed by atoms with van der Waals surface area (Å²) in [6, 6.07) is 11.4. The van der Waals surface area contributed by atoms with E-state index in [-0.39, 0.29) is 29.1 Å². The minimum absolute atomic E-state index is 0.0122. The predicted molar refractivity (Wildman–Crippen MR) is 149 cm³/mol. The number of nitrogens with zero attached hydrogens (tertiary/aromatic N) is 4. The molecule has 0 spiro atoms. The van der Waals surface area contributed by atoms with Gasteiger partial charge in [-0.2, -0.15) is 0 Å². The van der Waals surface area contributed by atoms with Crippen LogP contribution in [0.15, 0.2) is 55.0 Å². The number of anilines is 1. The summed E-state index contributed by atoms with van der Waals surface area (Å²) >= 11 is 0. The van der Waals surface area contributed by atoms with Crippen molar-refractivity contribution in [3.05, 3.63) is 77.6 Å². The Morgan fingerprint density at radius 2 is 1.85 bits per heavy atom. The van der Waals surface area contributed by atoms with Crippen LogP contribution in [0.4, 0.5) is 5.82 Å². The highest BCUT2D eigenvalue weighted by Crippen LogP contribution is 2.57. The average Bonchev–Trinajstić information content (AvgIpc) is 3.60. The number of hydrogen-bond donors (Lipinski definition) is 2. The number of amides is 1. The van der Waals surface area contributed by atoms with Crippen LogP contribution in [0.25, 0.3) is 16.8 Å². The number of ketones is 1. The second-order valence-corrected chi connectivity index (χ2v) is 10.9. The van der Waals surface area contributed by atoms with Crippen LogP contribution < -0.4 is 11.1 Å². The maximum atomic E-state index is 12.9. The summed E-state index contributed by atoms with van der Waals surface area (Å²) in [6.07, 6.45) is 10.0. The zero-order chi connectivity index (χ0) is 27.2. The molecule has 39 heavy (non-hydrogen) atoms. The summed E-state index contributed by atoms with van der Waals surface area (Å²) in [4.78, 5) is 39.1. The maximum Gasteiger partial charge on any atom is 0.296 e. The summed E-state index contributed by atoms with van der Waals surface area (Å²) in [6.45, 7) is 3.66. The van der Waals surface area contributed by atoms with Gasteiger partial charge < -0.3 is 11.1 Å². The van der Waals surface area contributed by atoms with E-state index in [0.29, 0.717) is 11.4 Å². The Morgan fingerprint density at radius 3 is 2.56 bits per heavy atom. The average molecular weight is 519 g/mol. The van der Waals surface area contributed by atoms with Gasteiger partial charge in [0.05, 0.1) is 6.42 Å². The molecule has 2 aliphatic rings. The van der Waals surface area contributed by atoms with Gasteiger partial charge in [0.2, 0.25) is 0 Å². The summed E-state index contributed by atoms with van der Waals surface area (Å²) < 4.78 is 2.06. The van der Waals surface area contributed by atoms with Crippen molar-refractivity contribution in [1.29, 1.82) is 0 Å². The van der Waals surface area contributed by atoms with Crippen LogP contribution in [0, 0.1) is 18.8 Å². The number of aromatic nitrogens is 4. The lowest BCUT2D eigenvalue weighted by Gasteiger charge is -2.27. The van der Waals surface area contributed by atoms with Crippen molar-refractivity contribution < 1.29 is 9.59 Å². The van der Waals surface area contributed by atoms with Gasteiger partial charge in [-0.25, -0.2) is 9.97 Å². The van der Waals surface area contributed by atoms with E-state index in [4.69, 9.17) is 10.7 Å². The molecular formula is C31H30N6O2. The summed E-state index contributed by atoms with van der Waals surface area (Å²) in [7, 11) is 0. The third-order valence-corrected chi connectivity index (χ3v) is 8.31. The van der Waals surface area contributed by atoms with Gasteiger partial charge in [0.25, 0.3) is 5.91 Å². The number of carbonyl (C=O) groups excluding carboxylic acids is 2. The van der Waals surface area contributed by atoms with Gasteiger partial charge in [0, 0.05) is 46.4 Å². The molecule has 0 saturated heterocycles. The smallest absolute Gasteiger partial charge is 0.296 e. The van der Waals surface area contributed by atoms with Crippen molar-refractivity contribution >= 4 is 23.0 Å². The van der Waals surface area contributed by atoms with Crippen LogP contribution in [0.2, 0.25) is 0 Å². The third kappa shape index (κ3) is 4.34. The topological polar surface area (TPSA) is 115 Å². The zero-order valence-corrected chi connectivity index (χ0v) is 22.1. The van der Waals surface area contributed by atoms with E-state index in [0.717, 1.165) is 66.0 Å². The largest absolute Gasteiger partial charge is 0.382 e. The second kappa shape index (κ2) is 9.35. The molecule has 8 nitrogen and oxygen atoms in total. The van der Waals surface area contributed by atoms with Gasteiger partial charge in [-0.05, 0) is 69.6 Å². The van der Waals surface area contributed by atoms with Crippen molar-refractivity contribution in [2.24, 2.45) is 0 Å². The standard InChI is InChI=1S/C31H30N6O2/c1-3-4-25(39)36-31-12-10-30(19-31,11-13-31)29-35-26(27-28(32)34-15-16-37(27)29)22-7-5-21(6-8-22)24(38)18-23-17-20(2)9-14-33-23/h5-9,14-17H,10-13,18-19H2,1-2H3,(H2,32,34)(H,36,39). The van der Waals surface area contributed by atoms with Crippen LogP contribution in [-0.4, -0.2) is 36.6 Å². The Labute approximate surface area is 227 Å². The molecule has 2 saturated carbocycles. The number of pyridine rings is 1. The molecule has 3 N–H and O–H groups in total. The van der Waals surface area contributed by atoms with Crippen LogP contribution in [-0.2, 0) is 16.6 Å². The molecule has 3 aromatic heterocycles. The van der Waals surface area contributed by atoms with E-state index in [9.17, 15) is 9.59 Å². The first-order chi connectivity index (χ1) is 18.8. The number of rotatable bonds is 6. The second-order valence-electron chi connectivity index (χ2n) is 10.9. The number of Topliss-reactive ketones (excluding diaryl/α,β-unsaturated/α-hetero) is 1. The number of hydrogen-bond acceptors (Lipinski definition) is 6. The fraction of sp³-hybridized carbons (Fsp3) is 0.323. The first-order valence-electron chi connectivity index (χ1n) is 13.2. The minimum atomic E-state index is -0.250. The summed E-state index contributed by atoms with van der Waals surface area (Å²) in [5, 5.41) is 3.19.